The second-order valence-electron chi connectivity index (χ2n) is 4.50. The van der Waals surface area contributed by atoms with Gasteiger partial charge in [0.25, 0.3) is 5.91 Å². The third kappa shape index (κ3) is 2.91. The molecule has 96 valence electrons. The first-order valence-corrected chi connectivity index (χ1v) is 5.98. The molecular weight excluding hydrogens is 222 g/mol. The fourth-order valence-corrected chi connectivity index (χ4v) is 2.09. The lowest BCUT2D eigenvalue weighted by atomic mass is 10.1. The first kappa shape index (κ1) is 12.2. The summed E-state index contributed by atoms with van der Waals surface area (Å²) in [5.74, 6) is 1.26. The molecule has 0 unspecified atom stereocenters. The number of ether oxygens (including phenoxy) is 3. The van der Waals surface area contributed by atoms with Crippen LogP contribution >= 0.6 is 0 Å². The molecule has 2 heterocycles. The van der Waals surface area contributed by atoms with Gasteiger partial charge in [-0.3, -0.25) is 4.79 Å². The molecule has 0 bridgehead atoms. The molecule has 1 saturated heterocycles. The van der Waals surface area contributed by atoms with Crippen LogP contribution in [0.25, 0.3) is 0 Å². The zero-order valence-electron chi connectivity index (χ0n) is 10.4. The van der Waals surface area contributed by atoms with Crippen LogP contribution in [0.5, 0.6) is 0 Å². The molecular formula is C12H19NO4. The number of hydrogen-bond donors (Lipinski definition) is 0. The van der Waals surface area contributed by atoms with Crippen molar-refractivity contribution in [1.29, 1.82) is 0 Å². The molecule has 5 heteroatoms. The largest absolute Gasteiger partial charge is 0.491 e. The highest BCUT2D eigenvalue weighted by Gasteiger charge is 2.26. The predicted octanol–water partition coefficient (Wildman–Crippen LogP) is 0.760. The summed E-state index contributed by atoms with van der Waals surface area (Å²) in [6, 6.07) is 0. The number of rotatable bonds is 3. The number of likely N-dealkylation sites (N-methyl/N-ethyl adjacent to an activating group) is 1. The van der Waals surface area contributed by atoms with E-state index in [4.69, 9.17) is 14.2 Å². The second-order valence-corrected chi connectivity index (χ2v) is 4.50. The van der Waals surface area contributed by atoms with E-state index in [-0.39, 0.29) is 5.91 Å². The highest BCUT2D eigenvalue weighted by Crippen LogP contribution is 2.18. The Labute approximate surface area is 101 Å². The maximum absolute atomic E-state index is 12.1. The fraction of sp³-hybridized carbons (Fsp3) is 0.750. The van der Waals surface area contributed by atoms with E-state index in [0.29, 0.717) is 37.2 Å². The number of amides is 1. The topological polar surface area (TPSA) is 48.0 Å². The minimum atomic E-state index is -0.103. The summed E-state index contributed by atoms with van der Waals surface area (Å²) in [4.78, 5) is 13.8. The summed E-state index contributed by atoms with van der Waals surface area (Å²) >= 11 is 0. The van der Waals surface area contributed by atoms with Gasteiger partial charge in [-0.2, -0.15) is 0 Å². The predicted molar refractivity (Wildman–Crippen MR) is 61.2 cm³/mol. The van der Waals surface area contributed by atoms with Crippen LogP contribution in [-0.2, 0) is 19.0 Å². The molecule has 5 nitrogen and oxygen atoms in total. The number of nitrogens with zero attached hydrogens (tertiary/aromatic N) is 1. The molecule has 1 fully saturated rings. The lowest BCUT2D eigenvalue weighted by Crippen LogP contribution is -2.35. The average molecular weight is 241 g/mol. The molecule has 0 aromatic heterocycles. The van der Waals surface area contributed by atoms with Crippen molar-refractivity contribution in [2.75, 3.05) is 40.0 Å². The Balaban J connectivity index is 1.93. The maximum Gasteiger partial charge on any atom is 0.292 e. The molecule has 0 aliphatic carbocycles. The van der Waals surface area contributed by atoms with Gasteiger partial charge in [0.2, 0.25) is 5.76 Å². The molecule has 0 spiro atoms. The quantitative estimate of drug-likeness (QED) is 0.732. The van der Waals surface area contributed by atoms with Crippen LogP contribution < -0.4 is 0 Å². The molecule has 0 saturated carbocycles. The van der Waals surface area contributed by atoms with Gasteiger partial charge in [-0.1, -0.05) is 0 Å². The zero-order valence-corrected chi connectivity index (χ0v) is 10.4. The monoisotopic (exact) mass is 241 g/mol. The first-order valence-electron chi connectivity index (χ1n) is 5.98. The van der Waals surface area contributed by atoms with Crippen LogP contribution in [0.2, 0.25) is 0 Å². The van der Waals surface area contributed by atoms with Gasteiger partial charge >= 0.3 is 0 Å². The number of allylic oxidation sites excluding steroid dienone is 1. The van der Waals surface area contributed by atoms with Crippen LogP contribution in [0.1, 0.15) is 13.3 Å². The highest BCUT2D eigenvalue weighted by atomic mass is 16.6. The molecule has 2 aliphatic heterocycles. The van der Waals surface area contributed by atoms with E-state index >= 15 is 0 Å². The third-order valence-electron chi connectivity index (χ3n) is 3.07. The lowest BCUT2D eigenvalue weighted by molar-refractivity contribution is -0.132. The third-order valence-corrected chi connectivity index (χ3v) is 3.07. The van der Waals surface area contributed by atoms with Crippen LogP contribution in [0, 0.1) is 5.92 Å². The number of hydrogen-bond acceptors (Lipinski definition) is 4. The van der Waals surface area contributed by atoms with Gasteiger partial charge in [-0.15, -0.1) is 0 Å². The van der Waals surface area contributed by atoms with Gasteiger partial charge < -0.3 is 19.1 Å². The normalized spacial score (nSPS) is 24.2. The van der Waals surface area contributed by atoms with Gasteiger partial charge in [0, 0.05) is 26.1 Å². The summed E-state index contributed by atoms with van der Waals surface area (Å²) in [5, 5.41) is 0. The van der Waals surface area contributed by atoms with E-state index in [9.17, 15) is 4.79 Å². The Morgan fingerprint density at radius 3 is 2.76 bits per heavy atom. The van der Waals surface area contributed by atoms with Crippen molar-refractivity contribution in [2.45, 2.75) is 13.3 Å². The Hall–Kier alpha value is -1.23. The summed E-state index contributed by atoms with van der Waals surface area (Å²) in [6.45, 7) is 4.97. The second kappa shape index (κ2) is 5.40. The molecule has 17 heavy (non-hydrogen) atoms. The maximum atomic E-state index is 12.1. The van der Waals surface area contributed by atoms with Crippen LogP contribution in [0.15, 0.2) is 11.5 Å². The molecule has 0 N–H and O–H groups in total. The van der Waals surface area contributed by atoms with Crippen molar-refractivity contribution in [1.82, 2.24) is 4.90 Å². The van der Waals surface area contributed by atoms with Gasteiger partial charge in [-0.25, -0.2) is 0 Å². The summed E-state index contributed by atoms with van der Waals surface area (Å²) in [6.07, 6.45) is 1.02. The SMILES string of the molecule is CC1=C(C(=O)N(C)C[C@H]2CCOC2)OCCO1. The molecule has 1 amide bonds. The van der Waals surface area contributed by atoms with Crippen molar-refractivity contribution in [3.8, 4) is 0 Å². The summed E-state index contributed by atoms with van der Waals surface area (Å²) < 4.78 is 16.0. The van der Waals surface area contributed by atoms with E-state index in [1.165, 1.54) is 0 Å². The lowest BCUT2D eigenvalue weighted by Gasteiger charge is -2.25. The smallest absolute Gasteiger partial charge is 0.292 e. The Morgan fingerprint density at radius 1 is 1.35 bits per heavy atom. The highest BCUT2D eigenvalue weighted by molar-refractivity contribution is 5.91. The first-order chi connectivity index (χ1) is 8.18. The van der Waals surface area contributed by atoms with E-state index in [1.54, 1.807) is 18.9 Å². The van der Waals surface area contributed by atoms with Crippen molar-refractivity contribution in [3.05, 3.63) is 11.5 Å². The summed E-state index contributed by atoms with van der Waals surface area (Å²) in [7, 11) is 1.79. The van der Waals surface area contributed by atoms with Crippen molar-refractivity contribution >= 4 is 5.91 Å². The van der Waals surface area contributed by atoms with E-state index < -0.39 is 0 Å². The molecule has 0 radical (unpaired) electrons. The van der Waals surface area contributed by atoms with E-state index in [2.05, 4.69) is 0 Å². The minimum absolute atomic E-state index is 0.103. The van der Waals surface area contributed by atoms with E-state index in [1.807, 2.05) is 0 Å². The van der Waals surface area contributed by atoms with Gasteiger partial charge in [-0.05, 0) is 13.3 Å². The van der Waals surface area contributed by atoms with E-state index in [0.717, 1.165) is 19.6 Å². The fourth-order valence-electron chi connectivity index (χ4n) is 2.09. The van der Waals surface area contributed by atoms with Gasteiger partial charge in [0.05, 0.1) is 6.61 Å². The van der Waals surface area contributed by atoms with Crippen molar-refractivity contribution in [2.24, 2.45) is 5.92 Å². The molecule has 0 aromatic rings. The number of carbonyl (C=O) groups is 1. The molecule has 0 aromatic carbocycles. The molecule has 2 rings (SSSR count). The van der Waals surface area contributed by atoms with Crippen molar-refractivity contribution in [3.63, 3.8) is 0 Å². The van der Waals surface area contributed by atoms with Crippen LogP contribution in [-0.4, -0.2) is 50.8 Å². The van der Waals surface area contributed by atoms with Crippen LogP contribution in [0.4, 0.5) is 0 Å². The standard InChI is InChI=1S/C12H19NO4/c1-9-11(17-6-5-16-9)12(14)13(2)7-10-3-4-15-8-10/h10H,3-8H2,1-2H3/t10-/m1/s1. The molecule has 1 atom stereocenters. The minimum Gasteiger partial charge on any atom is -0.491 e. The Bertz CT molecular complexity index is 320. The zero-order chi connectivity index (χ0) is 12.3. The van der Waals surface area contributed by atoms with Crippen LogP contribution in [0.3, 0.4) is 0 Å². The number of carbonyl (C=O) groups excluding carboxylic acids is 1. The van der Waals surface area contributed by atoms with Gasteiger partial charge in [0.15, 0.2) is 0 Å². The summed E-state index contributed by atoms with van der Waals surface area (Å²) in [5.41, 5.74) is 0. The van der Waals surface area contributed by atoms with Gasteiger partial charge in [0.1, 0.15) is 19.0 Å². The Kier molecular flexibility index (Phi) is 3.89. The molecule has 2 aliphatic rings. The average Bonchev–Trinajstić information content (AvgIpc) is 2.81. The van der Waals surface area contributed by atoms with Crippen molar-refractivity contribution < 1.29 is 19.0 Å². The Morgan fingerprint density at radius 2 is 2.12 bits per heavy atom.